The molecule has 0 bridgehead atoms. The summed E-state index contributed by atoms with van der Waals surface area (Å²) in [6.45, 7) is 11.4. The zero-order valence-electron chi connectivity index (χ0n) is 16.5. The maximum atomic E-state index is 5.80. The van der Waals surface area contributed by atoms with Gasteiger partial charge in [0.2, 0.25) is 0 Å². The van der Waals surface area contributed by atoms with Crippen molar-refractivity contribution in [2.45, 2.75) is 19.3 Å². The highest BCUT2D eigenvalue weighted by Crippen LogP contribution is 2.17. The number of likely N-dealkylation sites (tertiary alicyclic amines) is 1. The van der Waals surface area contributed by atoms with Gasteiger partial charge in [-0.3, -0.25) is 0 Å². The highest BCUT2D eigenvalue weighted by atomic mass is 32.2. The zero-order valence-corrected chi connectivity index (χ0v) is 18.2. The van der Waals surface area contributed by atoms with Crippen LogP contribution in [0.15, 0.2) is 0 Å². The van der Waals surface area contributed by atoms with Crippen molar-refractivity contribution in [1.29, 1.82) is 0 Å². The Morgan fingerprint density at radius 3 is 1.80 bits per heavy atom. The van der Waals surface area contributed by atoms with E-state index in [-0.39, 0.29) is 0 Å². The molecule has 0 saturated carbocycles. The van der Waals surface area contributed by atoms with Gasteiger partial charge in [-0.15, -0.1) is 0 Å². The van der Waals surface area contributed by atoms with Crippen LogP contribution in [0.25, 0.3) is 0 Å². The van der Waals surface area contributed by atoms with Crippen LogP contribution in [0.5, 0.6) is 0 Å². The van der Waals surface area contributed by atoms with E-state index in [2.05, 4.69) is 25.9 Å². The summed E-state index contributed by atoms with van der Waals surface area (Å²) in [6.07, 6.45) is 4.29. The molecular weight excluding hydrogens is 352 g/mol. The van der Waals surface area contributed by atoms with Gasteiger partial charge in [0.25, 0.3) is 0 Å². The van der Waals surface area contributed by atoms with Crippen molar-refractivity contribution >= 4 is 23.5 Å². The number of quaternary nitrogens is 2. The molecule has 2 saturated heterocycles. The van der Waals surface area contributed by atoms with Crippen molar-refractivity contribution in [3.8, 4) is 0 Å². The monoisotopic (exact) mass is 392 g/mol. The number of ether oxygens (including phenoxy) is 2. The van der Waals surface area contributed by atoms with Crippen molar-refractivity contribution in [3.05, 3.63) is 0 Å². The Morgan fingerprint density at radius 2 is 1.24 bits per heavy atom. The molecule has 6 heteroatoms. The van der Waals surface area contributed by atoms with Gasteiger partial charge in [-0.05, 0) is 19.3 Å². The predicted molar refractivity (Wildman–Crippen MR) is 112 cm³/mol. The molecule has 2 rings (SSSR count). The highest BCUT2D eigenvalue weighted by molar-refractivity contribution is 7.99. The Bertz CT molecular complexity index is 314. The first kappa shape index (κ1) is 21.8. The van der Waals surface area contributed by atoms with Gasteiger partial charge in [-0.2, -0.15) is 23.5 Å². The number of hydrogen-bond donors (Lipinski definition) is 0. The molecule has 0 aromatic rings. The SMILES string of the molecule is C[N+]1(CCSCCOCCSCC[N+]2(C)CCOCC2)CCCCC1. The largest absolute Gasteiger partial charge is 0.380 e. The molecule has 0 aliphatic carbocycles. The minimum Gasteiger partial charge on any atom is -0.380 e. The summed E-state index contributed by atoms with van der Waals surface area (Å²) < 4.78 is 13.7. The Balaban J connectivity index is 1.34. The summed E-state index contributed by atoms with van der Waals surface area (Å²) in [5, 5.41) is 0. The molecule has 0 unspecified atom stereocenters. The van der Waals surface area contributed by atoms with Gasteiger partial charge in [0.1, 0.15) is 13.1 Å². The summed E-state index contributed by atoms with van der Waals surface area (Å²) in [7, 11) is 4.80. The van der Waals surface area contributed by atoms with Gasteiger partial charge < -0.3 is 18.4 Å². The van der Waals surface area contributed by atoms with Crippen LogP contribution >= 0.6 is 23.5 Å². The lowest BCUT2D eigenvalue weighted by Crippen LogP contribution is -2.53. The van der Waals surface area contributed by atoms with Crippen molar-refractivity contribution < 1.29 is 18.4 Å². The van der Waals surface area contributed by atoms with Crippen LogP contribution < -0.4 is 0 Å². The normalized spacial score (nSPS) is 22.8. The second-order valence-corrected chi connectivity index (χ2v) is 10.5. The summed E-state index contributed by atoms with van der Waals surface area (Å²) in [5.74, 6) is 4.82. The van der Waals surface area contributed by atoms with Gasteiger partial charge in [-0.1, -0.05) is 0 Å². The van der Waals surface area contributed by atoms with Crippen molar-refractivity contribution in [2.24, 2.45) is 0 Å². The third-order valence-corrected chi connectivity index (χ3v) is 7.59. The number of likely N-dealkylation sites (N-methyl/N-ethyl adjacent to an activating group) is 1. The fourth-order valence-electron chi connectivity index (χ4n) is 3.62. The Morgan fingerprint density at radius 1 is 0.720 bits per heavy atom. The van der Waals surface area contributed by atoms with Crippen LogP contribution in [0.3, 0.4) is 0 Å². The lowest BCUT2D eigenvalue weighted by atomic mass is 10.1. The third-order valence-electron chi connectivity index (χ3n) is 5.74. The third kappa shape index (κ3) is 9.34. The van der Waals surface area contributed by atoms with Crippen molar-refractivity contribution in [2.75, 3.05) is 103 Å². The summed E-state index contributed by atoms with van der Waals surface area (Å²) in [5.41, 5.74) is 0. The van der Waals surface area contributed by atoms with Crippen LogP contribution in [0.2, 0.25) is 0 Å². The summed E-state index contributed by atoms with van der Waals surface area (Å²) in [6, 6.07) is 0. The van der Waals surface area contributed by atoms with E-state index in [1.54, 1.807) is 0 Å². The van der Waals surface area contributed by atoms with E-state index in [1.165, 1.54) is 79.0 Å². The fraction of sp³-hybridized carbons (Fsp3) is 1.00. The Kier molecular flexibility index (Phi) is 10.6. The molecule has 2 fully saturated rings. The number of piperidine rings is 1. The minimum absolute atomic E-state index is 0.909. The van der Waals surface area contributed by atoms with Gasteiger partial charge in [-0.25, -0.2) is 0 Å². The topological polar surface area (TPSA) is 18.5 Å². The maximum absolute atomic E-state index is 5.80. The maximum Gasteiger partial charge on any atom is 0.102 e. The lowest BCUT2D eigenvalue weighted by molar-refractivity contribution is -0.914. The van der Waals surface area contributed by atoms with Crippen LogP contribution in [0.4, 0.5) is 0 Å². The molecule has 0 N–H and O–H groups in total. The van der Waals surface area contributed by atoms with Gasteiger partial charge >= 0.3 is 0 Å². The quantitative estimate of drug-likeness (QED) is 0.375. The standard InChI is InChI=1S/C19H40N2O2S2/c1-20(6-4-3-5-7-20)10-16-24-18-14-23-15-19-25-17-11-21(2)8-12-22-13-9-21/h3-19H2,1-2H3/q+2. The van der Waals surface area contributed by atoms with Gasteiger partial charge in [0.05, 0.1) is 66.7 Å². The van der Waals surface area contributed by atoms with E-state index < -0.39 is 0 Å². The number of rotatable bonds is 12. The zero-order chi connectivity index (χ0) is 17.8. The first-order chi connectivity index (χ1) is 12.1. The molecule has 4 nitrogen and oxygen atoms in total. The smallest absolute Gasteiger partial charge is 0.102 e. The number of nitrogens with zero attached hydrogens (tertiary/aromatic N) is 2. The average Bonchev–Trinajstić information content (AvgIpc) is 2.61. The molecule has 0 amide bonds. The molecule has 148 valence electrons. The van der Waals surface area contributed by atoms with E-state index in [0.717, 1.165) is 37.9 Å². The van der Waals surface area contributed by atoms with Gasteiger partial charge in [0, 0.05) is 23.0 Å². The molecule has 0 atom stereocenters. The van der Waals surface area contributed by atoms with E-state index in [9.17, 15) is 0 Å². The van der Waals surface area contributed by atoms with Gasteiger partial charge in [0.15, 0.2) is 0 Å². The number of thioether (sulfide) groups is 2. The fourth-order valence-corrected chi connectivity index (χ4v) is 5.64. The van der Waals surface area contributed by atoms with Crippen LogP contribution in [0, 0.1) is 0 Å². The summed E-state index contributed by atoms with van der Waals surface area (Å²) >= 11 is 4.11. The molecule has 0 spiro atoms. The van der Waals surface area contributed by atoms with Crippen LogP contribution in [-0.4, -0.2) is 112 Å². The van der Waals surface area contributed by atoms with Crippen molar-refractivity contribution in [3.63, 3.8) is 0 Å². The molecule has 2 aliphatic rings. The van der Waals surface area contributed by atoms with Crippen LogP contribution in [-0.2, 0) is 9.47 Å². The molecule has 0 aromatic carbocycles. The minimum atomic E-state index is 0.909. The molecule has 2 heterocycles. The first-order valence-electron chi connectivity index (χ1n) is 10.1. The van der Waals surface area contributed by atoms with Crippen molar-refractivity contribution in [1.82, 2.24) is 0 Å². The first-order valence-corrected chi connectivity index (χ1v) is 12.4. The second kappa shape index (κ2) is 12.1. The predicted octanol–water partition coefficient (Wildman–Crippen LogP) is 2.58. The Labute approximate surface area is 164 Å². The molecule has 0 radical (unpaired) electrons. The lowest BCUT2D eigenvalue weighted by Gasteiger charge is -2.37. The molecular formula is C19H40N2O2S2+2. The number of hydrogen-bond acceptors (Lipinski definition) is 4. The second-order valence-electron chi connectivity index (χ2n) is 8.09. The highest BCUT2D eigenvalue weighted by Gasteiger charge is 2.24. The van der Waals surface area contributed by atoms with E-state index in [0.29, 0.717) is 0 Å². The van der Waals surface area contributed by atoms with E-state index in [4.69, 9.17) is 9.47 Å². The van der Waals surface area contributed by atoms with Crippen LogP contribution in [0.1, 0.15) is 19.3 Å². The molecule has 2 aliphatic heterocycles. The van der Waals surface area contributed by atoms with E-state index in [1.807, 2.05) is 11.8 Å². The Hall–Kier alpha value is 0.540. The molecule has 25 heavy (non-hydrogen) atoms. The molecule has 0 aromatic heterocycles. The number of morpholine rings is 1. The average molecular weight is 393 g/mol. The van der Waals surface area contributed by atoms with E-state index >= 15 is 0 Å². The summed E-state index contributed by atoms with van der Waals surface area (Å²) in [4.78, 5) is 0.